The Morgan fingerprint density at radius 3 is 2.43 bits per heavy atom. The second kappa shape index (κ2) is 8.05. The molecule has 3 aromatic rings. The van der Waals surface area contributed by atoms with Gasteiger partial charge in [0.25, 0.3) is 0 Å². The number of ether oxygens (including phenoxy) is 1. The molecule has 3 rings (SSSR count). The Bertz CT molecular complexity index is 978. The lowest BCUT2D eigenvalue weighted by molar-refractivity contribution is -0.137. The van der Waals surface area contributed by atoms with E-state index < -0.39 is 11.7 Å². The van der Waals surface area contributed by atoms with E-state index in [1.54, 1.807) is 6.07 Å². The SMILES string of the molecule is CCOc1ccc(Br)cc1-c1cc(Nc2ccc(C(F)(F)F)cc2)nc(N)n1. The lowest BCUT2D eigenvalue weighted by Crippen LogP contribution is -2.05. The van der Waals surface area contributed by atoms with Gasteiger partial charge in [-0.05, 0) is 49.4 Å². The van der Waals surface area contributed by atoms with Gasteiger partial charge in [0.15, 0.2) is 0 Å². The van der Waals surface area contributed by atoms with Crippen LogP contribution in [0.1, 0.15) is 12.5 Å². The quantitative estimate of drug-likeness (QED) is 0.523. The van der Waals surface area contributed by atoms with Crippen molar-refractivity contribution in [3.8, 4) is 17.0 Å². The number of hydrogen-bond acceptors (Lipinski definition) is 5. The van der Waals surface area contributed by atoms with Crippen molar-refractivity contribution in [1.29, 1.82) is 0 Å². The zero-order valence-electron chi connectivity index (χ0n) is 14.7. The third kappa shape index (κ3) is 4.72. The van der Waals surface area contributed by atoms with Gasteiger partial charge >= 0.3 is 6.18 Å². The second-order valence-electron chi connectivity index (χ2n) is 5.77. The summed E-state index contributed by atoms with van der Waals surface area (Å²) in [5.41, 5.74) is 6.77. The number of nitrogen functional groups attached to an aromatic ring is 1. The second-order valence-corrected chi connectivity index (χ2v) is 6.69. The van der Waals surface area contributed by atoms with Gasteiger partial charge in [-0.25, -0.2) is 4.98 Å². The lowest BCUT2D eigenvalue weighted by atomic mass is 10.1. The van der Waals surface area contributed by atoms with Crippen LogP contribution in [0.3, 0.4) is 0 Å². The maximum absolute atomic E-state index is 12.7. The number of nitrogens with zero attached hydrogens (tertiary/aromatic N) is 2. The molecule has 28 heavy (non-hydrogen) atoms. The van der Waals surface area contributed by atoms with E-state index in [1.165, 1.54) is 12.1 Å². The molecule has 0 aliphatic carbocycles. The van der Waals surface area contributed by atoms with Crippen LogP contribution in [-0.2, 0) is 6.18 Å². The first-order chi connectivity index (χ1) is 13.3. The average Bonchev–Trinajstić information content (AvgIpc) is 2.62. The summed E-state index contributed by atoms with van der Waals surface area (Å²) in [6, 6.07) is 11.8. The fourth-order valence-electron chi connectivity index (χ4n) is 2.54. The average molecular weight is 453 g/mol. The zero-order chi connectivity index (χ0) is 20.3. The molecule has 0 spiro atoms. The summed E-state index contributed by atoms with van der Waals surface area (Å²) in [6.07, 6.45) is -4.39. The van der Waals surface area contributed by atoms with Gasteiger partial charge in [0.05, 0.1) is 17.9 Å². The number of hydrogen-bond donors (Lipinski definition) is 2. The van der Waals surface area contributed by atoms with E-state index in [9.17, 15) is 13.2 Å². The normalized spacial score (nSPS) is 11.3. The topological polar surface area (TPSA) is 73.1 Å². The van der Waals surface area contributed by atoms with Crippen LogP contribution in [0.2, 0.25) is 0 Å². The molecule has 0 amide bonds. The molecule has 2 aromatic carbocycles. The third-order valence-corrected chi connectivity index (χ3v) is 4.24. The van der Waals surface area contributed by atoms with Crippen LogP contribution in [0.15, 0.2) is 53.0 Å². The number of nitrogens with one attached hydrogen (secondary N) is 1. The maximum Gasteiger partial charge on any atom is 0.416 e. The van der Waals surface area contributed by atoms with Crippen molar-refractivity contribution in [2.75, 3.05) is 17.7 Å². The molecular weight excluding hydrogens is 437 g/mol. The number of rotatable bonds is 5. The van der Waals surface area contributed by atoms with Gasteiger partial charge < -0.3 is 15.8 Å². The van der Waals surface area contributed by atoms with Gasteiger partial charge in [0.1, 0.15) is 11.6 Å². The predicted octanol–water partition coefficient (Wildman–Crippen LogP) is 5.65. The summed E-state index contributed by atoms with van der Waals surface area (Å²) in [6.45, 7) is 2.35. The molecule has 0 saturated carbocycles. The standard InChI is InChI=1S/C19H16BrF3N4O/c1-2-28-16-8-5-12(20)9-14(16)15-10-17(27-18(24)26-15)25-13-6-3-11(4-7-13)19(21,22)23/h3-10H,2H2,1H3,(H3,24,25,26,27). The molecule has 0 unspecified atom stereocenters. The Hall–Kier alpha value is -2.81. The van der Waals surface area contributed by atoms with Crippen molar-refractivity contribution in [3.63, 3.8) is 0 Å². The van der Waals surface area contributed by atoms with Crippen LogP contribution in [0.5, 0.6) is 5.75 Å². The van der Waals surface area contributed by atoms with Crippen LogP contribution in [0, 0.1) is 0 Å². The smallest absolute Gasteiger partial charge is 0.416 e. The number of halogens is 4. The Balaban J connectivity index is 1.93. The van der Waals surface area contributed by atoms with Crippen molar-refractivity contribution in [2.24, 2.45) is 0 Å². The molecule has 0 bridgehead atoms. The highest BCUT2D eigenvalue weighted by Crippen LogP contribution is 2.34. The van der Waals surface area contributed by atoms with E-state index in [2.05, 4.69) is 31.2 Å². The maximum atomic E-state index is 12.7. The fraction of sp³-hybridized carbons (Fsp3) is 0.158. The Kier molecular flexibility index (Phi) is 5.73. The number of benzene rings is 2. The Labute approximate surface area is 167 Å². The van der Waals surface area contributed by atoms with Gasteiger partial charge in [-0.1, -0.05) is 15.9 Å². The van der Waals surface area contributed by atoms with Crippen molar-refractivity contribution >= 4 is 33.4 Å². The largest absolute Gasteiger partial charge is 0.493 e. The summed E-state index contributed by atoms with van der Waals surface area (Å²) < 4.78 is 44.6. The van der Waals surface area contributed by atoms with E-state index in [-0.39, 0.29) is 5.95 Å². The summed E-state index contributed by atoms with van der Waals surface area (Å²) in [5.74, 6) is 1.00. The van der Waals surface area contributed by atoms with Gasteiger partial charge in [-0.15, -0.1) is 0 Å². The minimum absolute atomic E-state index is 0.0225. The lowest BCUT2D eigenvalue weighted by Gasteiger charge is -2.13. The number of anilines is 3. The Morgan fingerprint density at radius 2 is 1.79 bits per heavy atom. The molecule has 0 fully saturated rings. The molecule has 1 aromatic heterocycles. The molecule has 5 nitrogen and oxygen atoms in total. The third-order valence-electron chi connectivity index (χ3n) is 3.75. The van der Waals surface area contributed by atoms with E-state index >= 15 is 0 Å². The van der Waals surface area contributed by atoms with Crippen LogP contribution in [-0.4, -0.2) is 16.6 Å². The minimum Gasteiger partial charge on any atom is -0.493 e. The predicted molar refractivity (Wildman–Crippen MR) is 105 cm³/mol. The molecule has 0 aliphatic heterocycles. The monoisotopic (exact) mass is 452 g/mol. The summed E-state index contributed by atoms with van der Waals surface area (Å²) in [5, 5.41) is 2.95. The molecule has 3 N–H and O–H groups in total. The minimum atomic E-state index is -4.39. The van der Waals surface area contributed by atoms with Crippen molar-refractivity contribution in [3.05, 3.63) is 58.6 Å². The first-order valence-corrected chi connectivity index (χ1v) is 9.07. The molecular formula is C19H16BrF3N4O. The van der Waals surface area contributed by atoms with Gasteiger partial charge in [-0.3, -0.25) is 0 Å². The molecule has 0 saturated heterocycles. The van der Waals surface area contributed by atoms with Gasteiger partial charge in [0, 0.05) is 21.8 Å². The Morgan fingerprint density at radius 1 is 1.07 bits per heavy atom. The van der Waals surface area contributed by atoms with Gasteiger partial charge in [0.2, 0.25) is 5.95 Å². The molecule has 146 valence electrons. The highest BCUT2D eigenvalue weighted by molar-refractivity contribution is 9.10. The molecule has 1 heterocycles. The van der Waals surface area contributed by atoms with E-state index in [4.69, 9.17) is 10.5 Å². The summed E-state index contributed by atoms with van der Waals surface area (Å²) >= 11 is 3.42. The highest BCUT2D eigenvalue weighted by Gasteiger charge is 2.29. The van der Waals surface area contributed by atoms with Crippen molar-refractivity contribution < 1.29 is 17.9 Å². The highest BCUT2D eigenvalue weighted by atomic mass is 79.9. The van der Waals surface area contributed by atoms with E-state index in [1.807, 2.05) is 25.1 Å². The molecule has 9 heteroatoms. The van der Waals surface area contributed by atoms with Crippen LogP contribution < -0.4 is 15.8 Å². The first-order valence-electron chi connectivity index (χ1n) is 8.28. The number of aromatic nitrogens is 2. The van der Waals surface area contributed by atoms with E-state index in [0.29, 0.717) is 35.1 Å². The number of alkyl halides is 3. The zero-order valence-corrected chi connectivity index (χ0v) is 16.3. The molecule has 0 atom stereocenters. The van der Waals surface area contributed by atoms with Crippen LogP contribution in [0.25, 0.3) is 11.3 Å². The van der Waals surface area contributed by atoms with E-state index in [0.717, 1.165) is 16.6 Å². The summed E-state index contributed by atoms with van der Waals surface area (Å²) in [4.78, 5) is 8.36. The van der Waals surface area contributed by atoms with Crippen molar-refractivity contribution in [2.45, 2.75) is 13.1 Å². The first kappa shape index (κ1) is 19.9. The molecule has 0 radical (unpaired) electrons. The molecule has 0 aliphatic rings. The summed E-state index contributed by atoms with van der Waals surface area (Å²) in [7, 11) is 0. The van der Waals surface area contributed by atoms with Crippen LogP contribution in [0.4, 0.5) is 30.6 Å². The fourth-order valence-corrected chi connectivity index (χ4v) is 2.90. The van der Waals surface area contributed by atoms with Gasteiger partial charge in [-0.2, -0.15) is 18.2 Å². The number of nitrogens with two attached hydrogens (primary N) is 1. The van der Waals surface area contributed by atoms with Crippen LogP contribution >= 0.6 is 15.9 Å². The van der Waals surface area contributed by atoms with Crippen molar-refractivity contribution in [1.82, 2.24) is 9.97 Å².